The number of nitrogens with zero attached hydrogens (tertiary/aromatic N) is 4. The van der Waals surface area contributed by atoms with Gasteiger partial charge in [0.15, 0.2) is 11.6 Å². The number of aromatic amines is 1. The van der Waals surface area contributed by atoms with E-state index in [9.17, 15) is 8.42 Å². The highest BCUT2D eigenvalue weighted by atomic mass is 32.2. The fourth-order valence-electron chi connectivity index (χ4n) is 5.47. The molecular weight excluding hydrogens is 508 g/mol. The molecule has 2 saturated heterocycles. The standard InChI is InChI=1S/C26H32N6O3S2/c1-31(37(2,33)34)23(21-7-4-9-27-21)16-17-15-22-24(36-17)26(32-11-13-35-14-12-32)30-25(29-22)19-5-3-6-20-18(19)8-10-28-20/h3,5-6,8,10,15,21,23,27-28H,4,7,9,11-14,16H2,1-2H3. The third-order valence-electron chi connectivity index (χ3n) is 7.51. The molecule has 2 aliphatic heterocycles. The van der Waals surface area contributed by atoms with Crippen LogP contribution >= 0.6 is 11.3 Å². The average Bonchev–Trinajstić information content (AvgIpc) is 3.66. The largest absolute Gasteiger partial charge is 0.378 e. The number of fused-ring (bicyclic) bond motifs is 2. The molecule has 2 atom stereocenters. The lowest BCUT2D eigenvalue weighted by Crippen LogP contribution is -2.49. The summed E-state index contributed by atoms with van der Waals surface area (Å²) < 4.78 is 33.2. The van der Waals surface area contributed by atoms with Gasteiger partial charge in [-0.1, -0.05) is 12.1 Å². The molecule has 2 N–H and O–H groups in total. The van der Waals surface area contributed by atoms with Crippen LogP contribution in [0, 0.1) is 0 Å². The summed E-state index contributed by atoms with van der Waals surface area (Å²) in [6, 6.07) is 10.3. The smallest absolute Gasteiger partial charge is 0.211 e. The summed E-state index contributed by atoms with van der Waals surface area (Å²) in [6.07, 6.45) is 5.89. The molecule has 11 heteroatoms. The Morgan fingerprint density at radius 2 is 2.08 bits per heavy atom. The van der Waals surface area contributed by atoms with Gasteiger partial charge in [0.1, 0.15) is 0 Å². The van der Waals surface area contributed by atoms with Crippen LogP contribution in [0.25, 0.3) is 32.5 Å². The minimum atomic E-state index is -3.33. The number of nitrogens with one attached hydrogen (secondary N) is 2. The number of sulfonamides is 1. The molecule has 9 nitrogen and oxygen atoms in total. The molecule has 3 aromatic heterocycles. The van der Waals surface area contributed by atoms with Gasteiger partial charge in [-0.15, -0.1) is 11.3 Å². The van der Waals surface area contributed by atoms with Gasteiger partial charge in [0.05, 0.1) is 29.7 Å². The maximum atomic E-state index is 12.5. The van der Waals surface area contributed by atoms with Gasteiger partial charge < -0.3 is 19.9 Å². The van der Waals surface area contributed by atoms with Gasteiger partial charge in [0, 0.05) is 66.2 Å². The second-order valence-corrected chi connectivity index (χ2v) is 13.1. The van der Waals surface area contributed by atoms with E-state index in [1.54, 1.807) is 18.4 Å². The first-order valence-electron chi connectivity index (χ1n) is 12.7. The van der Waals surface area contributed by atoms with Crippen LogP contribution in [-0.2, 0) is 21.2 Å². The molecule has 0 radical (unpaired) electrons. The monoisotopic (exact) mass is 540 g/mol. The summed E-state index contributed by atoms with van der Waals surface area (Å²) in [5.41, 5.74) is 2.95. The number of benzene rings is 1. The SMILES string of the molecule is CN(C(Cc1cc2nc(-c3cccc4[nH]ccc34)nc(N3CCOCC3)c2s1)C1CCCN1)S(C)(=O)=O. The zero-order chi connectivity index (χ0) is 25.6. The maximum absolute atomic E-state index is 12.5. The van der Waals surface area contributed by atoms with Crippen molar-refractivity contribution in [3.63, 3.8) is 0 Å². The van der Waals surface area contributed by atoms with Crippen LogP contribution in [0.2, 0.25) is 0 Å². The molecule has 2 aliphatic rings. The Kier molecular flexibility index (Phi) is 6.66. The molecule has 0 aliphatic carbocycles. The summed E-state index contributed by atoms with van der Waals surface area (Å²) >= 11 is 1.68. The highest BCUT2D eigenvalue weighted by Crippen LogP contribution is 2.37. The van der Waals surface area contributed by atoms with Gasteiger partial charge in [-0.3, -0.25) is 0 Å². The highest BCUT2D eigenvalue weighted by molar-refractivity contribution is 7.88. The summed E-state index contributed by atoms with van der Waals surface area (Å²) in [7, 11) is -1.63. The molecule has 0 spiro atoms. The van der Waals surface area contributed by atoms with Gasteiger partial charge in [-0.05, 0) is 37.6 Å². The van der Waals surface area contributed by atoms with Crippen LogP contribution in [0.1, 0.15) is 17.7 Å². The van der Waals surface area contributed by atoms with Crippen LogP contribution < -0.4 is 10.2 Å². The summed E-state index contributed by atoms with van der Waals surface area (Å²) in [6.45, 7) is 3.81. The molecule has 196 valence electrons. The van der Waals surface area contributed by atoms with Crippen molar-refractivity contribution in [2.75, 3.05) is 51.1 Å². The Balaban J connectivity index is 1.44. The number of hydrogen-bond acceptors (Lipinski definition) is 8. The zero-order valence-electron chi connectivity index (χ0n) is 21.1. The fraction of sp³-hybridized carbons (Fsp3) is 0.462. The fourth-order valence-corrected chi connectivity index (χ4v) is 7.35. The third-order valence-corrected chi connectivity index (χ3v) is 9.97. The van der Waals surface area contributed by atoms with Crippen LogP contribution in [0.4, 0.5) is 5.82 Å². The van der Waals surface area contributed by atoms with E-state index in [0.717, 1.165) is 69.9 Å². The van der Waals surface area contributed by atoms with Crippen LogP contribution in [-0.4, -0.2) is 85.9 Å². The topological polar surface area (TPSA) is 103 Å². The van der Waals surface area contributed by atoms with Crippen molar-refractivity contribution in [3.8, 4) is 11.4 Å². The molecule has 0 saturated carbocycles. The van der Waals surface area contributed by atoms with Crippen molar-refractivity contribution in [2.45, 2.75) is 31.3 Å². The van der Waals surface area contributed by atoms with E-state index in [1.165, 1.54) is 10.6 Å². The predicted octanol–water partition coefficient (Wildman–Crippen LogP) is 3.23. The molecule has 5 heterocycles. The first-order chi connectivity index (χ1) is 17.9. The van der Waals surface area contributed by atoms with Crippen LogP contribution in [0.5, 0.6) is 0 Å². The maximum Gasteiger partial charge on any atom is 0.211 e. The molecule has 2 unspecified atom stereocenters. The summed E-state index contributed by atoms with van der Waals surface area (Å²) in [5.74, 6) is 1.63. The van der Waals surface area contributed by atoms with E-state index < -0.39 is 10.0 Å². The van der Waals surface area contributed by atoms with E-state index >= 15 is 0 Å². The third kappa shape index (κ3) is 4.86. The number of anilines is 1. The van der Waals surface area contributed by atoms with Gasteiger partial charge in [-0.2, -0.15) is 0 Å². The van der Waals surface area contributed by atoms with Gasteiger partial charge >= 0.3 is 0 Å². The lowest BCUT2D eigenvalue weighted by atomic mass is 10.0. The second kappa shape index (κ2) is 9.95. The lowest BCUT2D eigenvalue weighted by molar-refractivity contribution is 0.122. The van der Waals surface area contributed by atoms with Crippen molar-refractivity contribution in [1.29, 1.82) is 0 Å². The number of aromatic nitrogens is 3. The van der Waals surface area contributed by atoms with Crippen molar-refractivity contribution >= 4 is 48.3 Å². The molecule has 4 aromatic rings. The van der Waals surface area contributed by atoms with Crippen LogP contribution in [0.15, 0.2) is 36.5 Å². The predicted molar refractivity (Wildman–Crippen MR) is 149 cm³/mol. The first-order valence-corrected chi connectivity index (χ1v) is 15.4. The Labute approximate surface area is 220 Å². The van der Waals surface area contributed by atoms with E-state index in [-0.39, 0.29) is 12.1 Å². The lowest BCUT2D eigenvalue weighted by Gasteiger charge is -2.31. The number of hydrogen-bond donors (Lipinski definition) is 2. The van der Waals surface area contributed by atoms with E-state index in [2.05, 4.69) is 39.5 Å². The Hall–Kier alpha value is -2.57. The van der Waals surface area contributed by atoms with E-state index in [1.807, 2.05) is 12.3 Å². The van der Waals surface area contributed by atoms with E-state index in [0.29, 0.717) is 25.5 Å². The summed E-state index contributed by atoms with van der Waals surface area (Å²) in [5, 5.41) is 4.61. The molecule has 0 amide bonds. The van der Waals surface area contributed by atoms with Crippen molar-refractivity contribution in [3.05, 3.63) is 41.4 Å². The van der Waals surface area contributed by atoms with Crippen molar-refractivity contribution in [2.24, 2.45) is 0 Å². The minimum Gasteiger partial charge on any atom is -0.378 e. The first kappa shape index (κ1) is 24.7. The molecule has 0 bridgehead atoms. The second-order valence-electron chi connectivity index (χ2n) is 9.90. The number of ether oxygens (including phenoxy) is 1. The number of rotatable bonds is 7. The molecule has 2 fully saturated rings. The van der Waals surface area contributed by atoms with E-state index in [4.69, 9.17) is 14.7 Å². The summed E-state index contributed by atoms with van der Waals surface area (Å²) in [4.78, 5) is 16.8. The average molecular weight is 541 g/mol. The Morgan fingerprint density at radius 3 is 2.84 bits per heavy atom. The Morgan fingerprint density at radius 1 is 1.24 bits per heavy atom. The molecule has 1 aromatic carbocycles. The van der Waals surface area contributed by atoms with Crippen molar-refractivity contribution < 1.29 is 13.2 Å². The molecular formula is C26H32N6O3S2. The number of thiophene rings is 1. The van der Waals surface area contributed by atoms with Gasteiger partial charge in [0.25, 0.3) is 0 Å². The zero-order valence-corrected chi connectivity index (χ0v) is 22.7. The number of H-pyrrole nitrogens is 1. The molecule has 37 heavy (non-hydrogen) atoms. The highest BCUT2D eigenvalue weighted by Gasteiger charge is 2.33. The minimum absolute atomic E-state index is 0.136. The van der Waals surface area contributed by atoms with Crippen molar-refractivity contribution in [1.82, 2.24) is 24.6 Å². The van der Waals surface area contributed by atoms with Gasteiger partial charge in [0.2, 0.25) is 10.0 Å². The normalized spacial score (nSPS) is 19.9. The van der Waals surface area contributed by atoms with Crippen LogP contribution in [0.3, 0.4) is 0 Å². The Bertz CT molecular complexity index is 1520. The number of morpholine rings is 1. The molecule has 6 rings (SSSR count). The quantitative estimate of drug-likeness (QED) is 0.371. The number of likely N-dealkylation sites (N-methyl/N-ethyl adjacent to an activating group) is 1. The van der Waals surface area contributed by atoms with Gasteiger partial charge in [-0.25, -0.2) is 22.7 Å².